The maximum absolute atomic E-state index is 13.6. The van der Waals surface area contributed by atoms with Crippen LogP contribution in [0.3, 0.4) is 0 Å². The van der Waals surface area contributed by atoms with Gasteiger partial charge in [-0.2, -0.15) is 0 Å². The van der Waals surface area contributed by atoms with Crippen LogP contribution in [-0.4, -0.2) is 40.1 Å². The molecule has 3 heterocycles. The van der Waals surface area contributed by atoms with E-state index >= 15 is 0 Å². The van der Waals surface area contributed by atoms with Gasteiger partial charge in [0.15, 0.2) is 0 Å². The highest BCUT2D eigenvalue weighted by Crippen LogP contribution is 2.54. The molecule has 0 aliphatic carbocycles. The molecule has 11 heteroatoms. The lowest BCUT2D eigenvalue weighted by Gasteiger charge is -2.36. The first-order valence-electron chi connectivity index (χ1n) is 12.4. The minimum Gasteiger partial charge on any atom is -0.462 e. The molecular formula is C28H27N3O6S2. The third-order valence-electron chi connectivity index (χ3n) is 6.98. The quantitative estimate of drug-likeness (QED) is 0.355. The third kappa shape index (κ3) is 4.70. The van der Waals surface area contributed by atoms with Crippen molar-refractivity contribution in [3.63, 3.8) is 0 Å². The second kappa shape index (κ2) is 10.1. The Morgan fingerprint density at radius 2 is 1.67 bits per heavy atom. The zero-order chi connectivity index (χ0) is 28.1. The average Bonchev–Trinajstić information content (AvgIpc) is 3.34. The van der Waals surface area contributed by atoms with Crippen LogP contribution in [0.5, 0.6) is 0 Å². The number of aromatic nitrogens is 1. The smallest absolute Gasteiger partial charge is 0.338 e. The number of thiazole rings is 1. The van der Waals surface area contributed by atoms with E-state index in [1.54, 1.807) is 31.2 Å². The van der Waals surface area contributed by atoms with E-state index in [1.165, 1.54) is 16.7 Å². The molecule has 0 radical (unpaired) electrons. The predicted octanol–water partition coefficient (Wildman–Crippen LogP) is 3.98. The summed E-state index contributed by atoms with van der Waals surface area (Å²) in [6, 6.07) is 13.5. The molecule has 0 bridgehead atoms. The summed E-state index contributed by atoms with van der Waals surface area (Å²) >= 11 is 2.17. The summed E-state index contributed by atoms with van der Waals surface area (Å²) in [4.78, 5) is 66.6. The fourth-order valence-corrected chi connectivity index (χ4v) is 8.00. The van der Waals surface area contributed by atoms with Crippen molar-refractivity contribution in [2.75, 3.05) is 16.8 Å². The first-order chi connectivity index (χ1) is 18.5. The number of imide groups is 1. The van der Waals surface area contributed by atoms with E-state index in [1.807, 2.05) is 32.9 Å². The molecule has 3 aromatic rings. The van der Waals surface area contributed by atoms with Gasteiger partial charge in [0.2, 0.25) is 17.7 Å². The maximum atomic E-state index is 13.6. The molecule has 2 atom stereocenters. The van der Waals surface area contributed by atoms with Crippen LogP contribution < -0.4 is 15.1 Å². The number of esters is 1. The minimum absolute atomic E-state index is 0.208. The number of benzene rings is 2. The van der Waals surface area contributed by atoms with Crippen LogP contribution in [0, 0.1) is 12.8 Å². The Labute approximate surface area is 233 Å². The van der Waals surface area contributed by atoms with E-state index in [0.29, 0.717) is 26.8 Å². The Balaban J connectivity index is 1.42. The van der Waals surface area contributed by atoms with Gasteiger partial charge in [-0.25, -0.2) is 9.69 Å². The summed E-state index contributed by atoms with van der Waals surface area (Å²) in [6.07, 6.45) is 0. The highest BCUT2D eigenvalue weighted by Gasteiger charge is 2.59. The number of anilines is 2. The van der Waals surface area contributed by atoms with Crippen LogP contribution in [0.1, 0.15) is 41.6 Å². The second-order valence-electron chi connectivity index (χ2n) is 10.0. The fraction of sp³-hybridized carbons (Fsp3) is 0.321. The largest absolute Gasteiger partial charge is 0.462 e. The van der Waals surface area contributed by atoms with Crippen LogP contribution in [0.25, 0.3) is 0 Å². The number of aryl methyl sites for hydroxylation is 1. The highest BCUT2D eigenvalue weighted by molar-refractivity contribution is 8.00. The number of nitrogens with one attached hydrogen (secondary N) is 1. The van der Waals surface area contributed by atoms with E-state index < -0.39 is 28.5 Å². The summed E-state index contributed by atoms with van der Waals surface area (Å²) < 4.78 is 6.40. The van der Waals surface area contributed by atoms with E-state index in [9.17, 15) is 24.0 Å². The number of nitrogens with zero attached hydrogens (tertiary/aromatic N) is 2. The lowest BCUT2D eigenvalue weighted by Crippen LogP contribution is -2.41. The van der Waals surface area contributed by atoms with E-state index in [4.69, 9.17) is 4.74 Å². The molecule has 1 N–H and O–H groups in total. The number of rotatable bonds is 6. The highest BCUT2D eigenvalue weighted by atomic mass is 32.2. The molecular weight excluding hydrogens is 538 g/mol. The molecule has 1 fully saturated rings. The van der Waals surface area contributed by atoms with E-state index in [0.717, 1.165) is 33.6 Å². The minimum atomic E-state index is -0.819. The molecule has 2 aliphatic rings. The average molecular weight is 566 g/mol. The van der Waals surface area contributed by atoms with Gasteiger partial charge in [-0.1, -0.05) is 54.6 Å². The van der Waals surface area contributed by atoms with Gasteiger partial charge in [0.1, 0.15) is 11.8 Å². The van der Waals surface area contributed by atoms with Crippen molar-refractivity contribution < 1.29 is 23.9 Å². The molecule has 39 heavy (non-hydrogen) atoms. The first kappa shape index (κ1) is 26.9. The van der Waals surface area contributed by atoms with Crippen LogP contribution >= 0.6 is 23.1 Å². The summed E-state index contributed by atoms with van der Waals surface area (Å²) in [5.41, 5.74) is 1.55. The van der Waals surface area contributed by atoms with Crippen LogP contribution in [0.2, 0.25) is 0 Å². The van der Waals surface area contributed by atoms with Crippen LogP contribution in [0.4, 0.5) is 11.4 Å². The van der Waals surface area contributed by atoms with Crippen molar-refractivity contribution in [1.82, 2.24) is 4.57 Å². The molecule has 1 aromatic heterocycles. The molecule has 9 nitrogen and oxygen atoms in total. The molecule has 0 saturated carbocycles. The van der Waals surface area contributed by atoms with Crippen molar-refractivity contribution >= 4 is 58.2 Å². The number of hydrogen-bond donors (Lipinski definition) is 1. The molecule has 3 amide bonds. The summed E-state index contributed by atoms with van der Waals surface area (Å²) in [6.45, 7) is 7.40. The SMILES string of the molecule is CCOC(=O)c1ccc(N2C(=O)[C@H]3Sc4c(sc(=O)n4CC(=O)Nc4ccc(C)cc4)C(C)(C)[C@H]3C2=O)cc1. The number of carbonyl (C=O) groups is 4. The Morgan fingerprint density at radius 1 is 1.00 bits per heavy atom. The molecule has 0 unspecified atom stereocenters. The van der Waals surface area contributed by atoms with Gasteiger partial charge in [-0.15, -0.1) is 0 Å². The lowest BCUT2D eigenvalue weighted by molar-refractivity contribution is -0.123. The predicted molar refractivity (Wildman–Crippen MR) is 149 cm³/mol. The van der Waals surface area contributed by atoms with Crippen LogP contribution in [0.15, 0.2) is 58.4 Å². The zero-order valence-corrected chi connectivity index (χ0v) is 23.5. The van der Waals surface area contributed by atoms with Gasteiger partial charge >= 0.3 is 10.8 Å². The van der Waals surface area contributed by atoms with Crippen molar-refractivity contribution in [1.29, 1.82) is 0 Å². The molecule has 5 rings (SSSR count). The Hall–Kier alpha value is -3.70. The topological polar surface area (TPSA) is 115 Å². The summed E-state index contributed by atoms with van der Waals surface area (Å²) in [5, 5.41) is 2.59. The van der Waals surface area contributed by atoms with Gasteiger partial charge in [-0.3, -0.25) is 23.7 Å². The lowest BCUT2D eigenvalue weighted by atomic mass is 9.76. The van der Waals surface area contributed by atoms with Crippen molar-refractivity contribution in [3.05, 3.63) is 74.2 Å². The van der Waals surface area contributed by atoms with Gasteiger partial charge in [0, 0.05) is 16.0 Å². The number of amides is 3. The molecule has 2 aliphatic heterocycles. The molecule has 0 spiro atoms. The van der Waals surface area contributed by atoms with Gasteiger partial charge in [0.25, 0.3) is 0 Å². The standard InChI is InChI=1S/C28H27N3O6S2/c1-5-37-26(35)16-8-12-18(13-9-16)31-23(33)20-21(24(31)34)38-25-22(28(20,3)4)39-27(36)30(25)14-19(32)29-17-10-6-15(2)7-11-17/h6-13,20-21H,5,14H2,1-4H3,(H,29,32)/t20-,21+/m1/s1. The van der Waals surface area contributed by atoms with Crippen molar-refractivity contribution in [2.45, 2.75) is 49.9 Å². The van der Waals surface area contributed by atoms with Gasteiger partial charge in [0.05, 0.1) is 28.8 Å². The normalized spacial score (nSPS) is 19.4. The number of carbonyl (C=O) groups excluding carboxylic acids is 4. The third-order valence-corrected chi connectivity index (χ3v) is 9.80. The second-order valence-corrected chi connectivity index (χ2v) is 12.1. The van der Waals surface area contributed by atoms with Crippen molar-refractivity contribution in [3.8, 4) is 0 Å². The summed E-state index contributed by atoms with van der Waals surface area (Å²) in [7, 11) is 0. The maximum Gasteiger partial charge on any atom is 0.338 e. The van der Waals surface area contributed by atoms with Gasteiger partial charge in [-0.05, 0) is 50.2 Å². The number of ether oxygens (including phenoxy) is 1. The number of thioether (sulfide) groups is 1. The fourth-order valence-electron chi connectivity index (χ4n) is 4.96. The van der Waals surface area contributed by atoms with Crippen molar-refractivity contribution in [2.24, 2.45) is 5.92 Å². The molecule has 202 valence electrons. The van der Waals surface area contributed by atoms with Gasteiger partial charge < -0.3 is 10.1 Å². The Bertz CT molecular complexity index is 1540. The van der Waals surface area contributed by atoms with Crippen LogP contribution in [-0.2, 0) is 31.1 Å². The molecule has 2 aromatic carbocycles. The molecule has 1 saturated heterocycles. The Kier molecular flexibility index (Phi) is 6.98. The first-order valence-corrected chi connectivity index (χ1v) is 14.1. The number of hydrogen-bond acceptors (Lipinski definition) is 8. The number of fused-ring (bicyclic) bond motifs is 2. The summed E-state index contributed by atoms with van der Waals surface area (Å²) in [5.74, 6) is -2.30. The zero-order valence-electron chi connectivity index (χ0n) is 21.8. The van der Waals surface area contributed by atoms with E-state index in [-0.39, 0.29) is 29.8 Å². The van der Waals surface area contributed by atoms with E-state index in [2.05, 4.69) is 5.32 Å². The Morgan fingerprint density at radius 3 is 2.31 bits per heavy atom. The monoisotopic (exact) mass is 565 g/mol.